The minimum atomic E-state index is 0.928. The molecular formula is C18H34. The quantitative estimate of drug-likeness (QED) is 0.596. The highest BCUT2D eigenvalue weighted by molar-refractivity contribution is 4.96. The van der Waals surface area contributed by atoms with Gasteiger partial charge in [-0.2, -0.15) is 0 Å². The van der Waals surface area contributed by atoms with Crippen LogP contribution in [0, 0.1) is 47.3 Å². The van der Waals surface area contributed by atoms with E-state index in [0.717, 1.165) is 47.3 Å². The smallest absolute Gasteiger partial charge is 0.0352 e. The number of fused-ring (bicyclic) bond motifs is 1. The van der Waals surface area contributed by atoms with Crippen LogP contribution in [0.15, 0.2) is 0 Å². The van der Waals surface area contributed by atoms with Gasteiger partial charge in [0, 0.05) is 0 Å². The van der Waals surface area contributed by atoms with Crippen LogP contribution >= 0.6 is 0 Å². The topological polar surface area (TPSA) is 0 Å². The highest BCUT2D eigenvalue weighted by Gasteiger charge is 2.47. The van der Waals surface area contributed by atoms with Crippen LogP contribution in [-0.2, 0) is 0 Å². The fourth-order valence-corrected chi connectivity index (χ4v) is 5.38. The molecule has 0 aromatic heterocycles. The molecule has 0 spiro atoms. The van der Waals surface area contributed by atoms with Crippen LogP contribution in [0.1, 0.15) is 67.2 Å². The second-order valence-corrected chi connectivity index (χ2v) is 7.57. The van der Waals surface area contributed by atoms with Gasteiger partial charge >= 0.3 is 0 Å². The number of hydrogen-bond acceptors (Lipinski definition) is 0. The van der Waals surface area contributed by atoms with Crippen LogP contribution in [0.2, 0.25) is 0 Å². The van der Waals surface area contributed by atoms with Gasteiger partial charge in [0.15, 0.2) is 0 Å². The van der Waals surface area contributed by atoms with Crippen molar-refractivity contribution >= 4 is 0 Å². The van der Waals surface area contributed by atoms with Gasteiger partial charge in [-0.3, -0.25) is 0 Å². The molecule has 2 aliphatic carbocycles. The molecule has 0 saturated heterocycles. The molecule has 2 fully saturated rings. The first kappa shape index (κ1) is 14.4. The van der Waals surface area contributed by atoms with Crippen molar-refractivity contribution in [3.63, 3.8) is 0 Å². The van der Waals surface area contributed by atoms with Crippen molar-refractivity contribution in [3.05, 3.63) is 0 Å². The summed E-state index contributed by atoms with van der Waals surface area (Å²) >= 11 is 0. The van der Waals surface area contributed by atoms with Gasteiger partial charge < -0.3 is 0 Å². The van der Waals surface area contributed by atoms with Crippen molar-refractivity contribution in [2.24, 2.45) is 47.3 Å². The van der Waals surface area contributed by atoms with Crippen molar-refractivity contribution in [1.29, 1.82) is 0 Å². The molecule has 2 aliphatic rings. The Balaban J connectivity index is 2.18. The number of rotatable bonds is 2. The molecule has 0 N–H and O–H groups in total. The average Bonchev–Trinajstić information content (AvgIpc) is 2.41. The van der Waals surface area contributed by atoms with Crippen LogP contribution in [-0.4, -0.2) is 0 Å². The maximum absolute atomic E-state index is 2.55. The summed E-state index contributed by atoms with van der Waals surface area (Å²) in [5.74, 6) is 7.85. The van der Waals surface area contributed by atoms with Crippen molar-refractivity contribution in [3.8, 4) is 0 Å². The van der Waals surface area contributed by atoms with E-state index in [1.165, 1.54) is 25.7 Å². The highest BCUT2D eigenvalue weighted by atomic mass is 14.5. The molecule has 0 bridgehead atoms. The predicted molar refractivity (Wildman–Crippen MR) is 80.4 cm³/mol. The lowest BCUT2D eigenvalue weighted by Crippen LogP contribution is -2.47. The van der Waals surface area contributed by atoms with E-state index in [2.05, 4.69) is 41.5 Å². The van der Waals surface area contributed by atoms with Gasteiger partial charge in [-0.1, -0.05) is 54.4 Å². The van der Waals surface area contributed by atoms with E-state index in [1.807, 2.05) is 0 Å². The van der Waals surface area contributed by atoms with E-state index in [1.54, 1.807) is 0 Å². The van der Waals surface area contributed by atoms with E-state index in [4.69, 9.17) is 0 Å². The van der Waals surface area contributed by atoms with Crippen molar-refractivity contribution in [1.82, 2.24) is 0 Å². The van der Waals surface area contributed by atoms with E-state index >= 15 is 0 Å². The zero-order chi connectivity index (χ0) is 13.4. The van der Waals surface area contributed by atoms with E-state index in [9.17, 15) is 0 Å². The van der Waals surface area contributed by atoms with Crippen molar-refractivity contribution in [2.45, 2.75) is 67.2 Å². The Morgan fingerprint density at radius 2 is 0.944 bits per heavy atom. The SMILES string of the molecule is CC[C@@H]1CC2C(C)C(C)C(C)C(C)C2C[C@@H]1CC. The predicted octanol–water partition coefficient (Wildman–Crippen LogP) is 5.62. The third-order valence-electron chi connectivity index (χ3n) is 7.25. The molecule has 0 amide bonds. The van der Waals surface area contributed by atoms with E-state index in [-0.39, 0.29) is 0 Å². The molecule has 0 heteroatoms. The zero-order valence-electron chi connectivity index (χ0n) is 13.4. The van der Waals surface area contributed by atoms with Crippen LogP contribution in [0.4, 0.5) is 0 Å². The summed E-state index contributed by atoms with van der Waals surface area (Å²) < 4.78 is 0. The van der Waals surface area contributed by atoms with Crippen molar-refractivity contribution < 1.29 is 0 Å². The lowest BCUT2D eigenvalue weighted by atomic mass is 9.51. The molecule has 6 unspecified atom stereocenters. The summed E-state index contributed by atoms with van der Waals surface area (Å²) in [6.45, 7) is 14.9. The Hall–Kier alpha value is 0. The molecule has 106 valence electrons. The van der Waals surface area contributed by atoms with E-state index < -0.39 is 0 Å². The Morgan fingerprint density at radius 1 is 0.611 bits per heavy atom. The Morgan fingerprint density at radius 3 is 1.22 bits per heavy atom. The van der Waals surface area contributed by atoms with Gasteiger partial charge in [-0.05, 0) is 60.2 Å². The van der Waals surface area contributed by atoms with Gasteiger partial charge in [0.05, 0.1) is 0 Å². The van der Waals surface area contributed by atoms with Crippen LogP contribution < -0.4 is 0 Å². The number of hydrogen-bond donors (Lipinski definition) is 0. The summed E-state index contributed by atoms with van der Waals surface area (Å²) in [4.78, 5) is 0. The molecule has 18 heavy (non-hydrogen) atoms. The molecule has 0 aliphatic heterocycles. The summed E-state index contributed by atoms with van der Waals surface area (Å²) in [7, 11) is 0. The fourth-order valence-electron chi connectivity index (χ4n) is 5.38. The summed E-state index contributed by atoms with van der Waals surface area (Å²) in [6, 6.07) is 0. The molecule has 0 aromatic carbocycles. The second kappa shape index (κ2) is 5.55. The van der Waals surface area contributed by atoms with Crippen LogP contribution in [0.5, 0.6) is 0 Å². The Bertz CT molecular complexity index is 241. The molecule has 8 atom stereocenters. The summed E-state index contributed by atoms with van der Waals surface area (Å²) in [5, 5.41) is 0. The lowest BCUT2D eigenvalue weighted by molar-refractivity contribution is -0.0496. The van der Waals surface area contributed by atoms with Gasteiger partial charge in [-0.15, -0.1) is 0 Å². The largest absolute Gasteiger partial charge is 0.0651 e. The fraction of sp³-hybridized carbons (Fsp3) is 1.00. The molecule has 0 heterocycles. The van der Waals surface area contributed by atoms with Crippen LogP contribution in [0.3, 0.4) is 0 Å². The maximum atomic E-state index is 2.55. The first-order chi connectivity index (χ1) is 8.51. The molecule has 0 nitrogen and oxygen atoms in total. The zero-order valence-corrected chi connectivity index (χ0v) is 13.4. The Kier molecular flexibility index (Phi) is 4.44. The van der Waals surface area contributed by atoms with Gasteiger partial charge in [-0.25, -0.2) is 0 Å². The van der Waals surface area contributed by atoms with Crippen molar-refractivity contribution in [2.75, 3.05) is 0 Å². The molecular weight excluding hydrogens is 216 g/mol. The molecule has 0 aromatic rings. The molecule has 0 radical (unpaired) electrons. The maximum Gasteiger partial charge on any atom is -0.0352 e. The third-order valence-corrected chi connectivity index (χ3v) is 7.25. The minimum absolute atomic E-state index is 0.928. The standard InChI is InChI=1S/C18H34/c1-7-15-9-17-13(5)11(3)12(4)14(6)18(17)10-16(15)8-2/h11-18H,7-10H2,1-6H3/t11?,12?,13?,14?,15-,16+,17?,18?. The molecule has 2 saturated carbocycles. The average molecular weight is 250 g/mol. The second-order valence-electron chi connectivity index (χ2n) is 7.57. The van der Waals surface area contributed by atoms with Gasteiger partial charge in [0.25, 0.3) is 0 Å². The Labute approximate surface area is 115 Å². The van der Waals surface area contributed by atoms with Crippen LogP contribution in [0.25, 0.3) is 0 Å². The summed E-state index contributed by atoms with van der Waals surface area (Å²) in [6.07, 6.45) is 5.88. The third kappa shape index (κ3) is 2.25. The lowest BCUT2D eigenvalue weighted by Gasteiger charge is -2.54. The first-order valence-electron chi connectivity index (χ1n) is 8.51. The van der Waals surface area contributed by atoms with Gasteiger partial charge in [0.1, 0.15) is 0 Å². The summed E-state index contributed by atoms with van der Waals surface area (Å²) in [5.41, 5.74) is 0. The monoisotopic (exact) mass is 250 g/mol. The van der Waals surface area contributed by atoms with Gasteiger partial charge in [0.2, 0.25) is 0 Å². The normalized spacial score (nSPS) is 53.0. The van der Waals surface area contributed by atoms with E-state index in [0.29, 0.717) is 0 Å². The highest BCUT2D eigenvalue weighted by Crippen LogP contribution is 2.54. The first-order valence-corrected chi connectivity index (χ1v) is 8.51. The molecule has 2 rings (SSSR count). The minimum Gasteiger partial charge on any atom is -0.0651 e.